The minimum absolute atomic E-state index is 0.0102. The molecule has 3 aromatic rings. The Kier molecular flexibility index (Phi) is 7.24. The van der Waals surface area contributed by atoms with Crippen molar-refractivity contribution in [2.45, 2.75) is 78.3 Å². The molecule has 0 radical (unpaired) electrons. The van der Waals surface area contributed by atoms with E-state index in [1.54, 1.807) is 4.40 Å². The van der Waals surface area contributed by atoms with Gasteiger partial charge < -0.3 is 4.90 Å². The molecule has 32 heavy (non-hydrogen) atoms. The van der Waals surface area contributed by atoms with E-state index in [1.807, 2.05) is 36.5 Å². The maximum atomic E-state index is 13.2. The summed E-state index contributed by atoms with van der Waals surface area (Å²) in [5.41, 5.74) is 1.76. The summed E-state index contributed by atoms with van der Waals surface area (Å²) >= 11 is 6.07. The Morgan fingerprint density at radius 2 is 1.97 bits per heavy atom. The summed E-state index contributed by atoms with van der Waals surface area (Å²) in [6.45, 7) is 8.68. The zero-order valence-corrected chi connectivity index (χ0v) is 20.3. The summed E-state index contributed by atoms with van der Waals surface area (Å²) in [4.78, 5) is 20.6. The zero-order valence-electron chi connectivity index (χ0n) is 19.6. The Morgan fingerprint density at radius 3 is 2.69 bits per heavy atom. The van der Waals surface area contributed by atoms with Crippen LogP contribution in [-0.2, 0) is 6.54 Å². The van der Waals surface area contributed by atoms with Crippen LogP contribution in [0.25, 0.3) is 17.0 Å². The van der Waals surface area contributed by atoms with Crippen molar-refractivity contribution in [3.63, 3.8) is 0 Å². The molecule has 1 saturated heterocycles. The van der Waals surface area contributed by atoms with E-state index in [0.29, 0.717) is 17.0 Å². The van der Waals surface area contributed by atoms with Crippen LogP contribution in [0.1, 0.15) is 65.7 Å². The number of nitrogens with zero attached hydrogens (tertiary/aromatic N) is 4. The fraction of sp³-hybridized carbons (Fsp3) is 0.538. The molecular formula is C26H35ClN4O. The van der Waals surface area contributed by atoms with E-state index in [0.717, 1.165) is 48.8 Å². The number of unbranched alkanes of at least 4 members (excludes halogenated alkanes) is 2. The Morgan fingerprint density at radius 1 is 1.19 bits per heavy atom. The third-order valence-corrected chi connectivity index (χ3v) is 6.82. The van der Waals surface area contributed by atoms with E-state index >= 15 is 0 Å². The lowest BCUT2D eigenvalue weighted by molar-refractivity contribution is 0.488. The van der Waals surface area contributed by atoms with Crippen molar-refractivity contribution in [1.82, 2.24) is 14.0 Å². The number of hydrogen-bond acceptors (Lipinski definition) is 3. The number of aromatic nitrogens is 3. The van der Waals surface area contributed by atoms with Gasteiger partial charge in [0.15, 0.2) is 0 Å². The van der Waals surface area contributed by atoms with Crippen LogP contribution in [0.2, 0.25) is 5.02 Å². The minimum atomic E-state index is -0.0102. The summed E-state index contributed by atoms with van der Waals surface area (Å²) in [6.07, 6.45) is 10.0. The van der Waals surface area contributed by atoms with Gasteiger partial charge in [-0.15, -0.1) is 0 Å². The van der Waals surface area contributed by atoms with E-state index < -0.39 is 0 Å². The Hall–Kier alpha value is -2.27. The number of imidazole rings is 1. The van der Waals surface area contributed by atoms with Crippen molar-refractivity contribution >= 4 is 23.2 Å². The van der Waals surface area contributed by atoms with Gasteiger partial charge in [-0.3, -0.25) is 13.8 Å². The molecule has 5 nitrogen and oxygen atoms in total. The van der Waals surface area contributed by atoms with Crippen LogP contribution >= 0.6 is 11.6 Å². The Bertz CT molecular complexity index is 1100. The number of halogens is 1. The van der Waals surface area contributed by atoms with Crippen LogP contribution in [-0.4, -0.2) is 26.5 Å². The van der Waals surface area contributed by atoms with Gasteiger partial charge in [0.05, 0.1) is 5.69 Å². The molecule has 2 aromatic heterocycles. The maximum Gasteiger partial charge on any atom is 0.261 e. The first kappa shape index (κ1) is 22.9. The highest BCUT2D eigenvalue weighted by atomic mass is 35.5. The van der Waals surface area contributed by atoms with E-state index in [9.17, 15) is 4.79 Å². The number of aryl methyl sites for hydroxylation is 1. The van der Waals surface area contributed by atoms with Gasteiger partial charge in [-0.1, -0.05) is 57.3 Å². The molecule has 0 amide bonds. The third kappa shape index (κ3) is 4.88. The van der Waals surface area contributed by atoms with E-state index in [2.05, 4.69) is 30.2 Å². The van der Waals surface area contributed by atoms with Crippen LogP contribution in [0.5, 0.6) is 0 Å². The highest BCUT2D eigenvalue weighted by Gasteiger charge is 2.28. The monoisotopic (exact) mass is 454 g/mol. The quantitative estimate of drug-likeness (QED) is 0.351. The van der Waals surface area contributed by atoms with Crippen molar-refractivity contribution < 1.29 is 0 Å². The summed E-state index contributed by atoms with van der Waals surface area (Å²) in [5.74, 6) is 2.47. The average Bonchev–Trinajstić information content (AvgIpc) is 3.42. The Balaban J connectivity index is 1.78. The normalized spacial score (nSPS) is 16.5. The largest absolute Gasteiger partial charge is 0.355 e. The number of rotatable bonds is 9. The van der Waals surface area contributed by atoms with Gasteiger partial charge in [-0.25, -0.2) is 4.98 Å². The maximum absolute atomic E-state index is 13.2. The molecule has 1 fully saturated rings. The standard InChI is InChI=1S/C26H35ClN4O/c1-4-5-6-15-30-24(29-16-7-8-22(29)14-9-19(2)3)17-25(32)31-18-23(28-26(30)31)20-10-12-21(27)13-11-20/h10-13,17-19,22H,4-9,14-16H2,1-3H3. The second-order valence-electron chi connectivity index (χ2n) is 9.46. The van der Waals surface area contributed by atoms with Gasteiger partial charge in [0.25, 0.3) is 5.56 Å². The third-order valence-electron chi connectivity index (χ3n) is 6.57. The molecule has 1 aromatic carbocycles. The van der Waals surface area contributed by atoms with Gasteiger partial charge in [0.1, 0.15) is 5.82 Å². The number of fused-ring (bicyclic) bond motifs is 1. The van der Waals surface area contributed by atoms with Crippen LogP contribution in [0.3, 0.4) is 0 Å². The van der Waals surface area contributed by atoms with Crippen LogP contribution in [0.4, 0.5) is 5.82 Å². The molecule has 3 heterocycles. The predicted molar refractivity (Wildman–Crippen MR) is 134 cm³/mol. The molecule has 4 rings (SSSR count). The van der Waals surface area contributed by atoms with Gasteiger partial charge in [-0.2, -0.15) is 0 Å². The number of benzene rings is 1. The molecule has 0 spiro atoms. The smallest absolute Gasteiger partial charge is 0.261 e. The van der Waals surface area contributed by atoms with Gasteiger partial charge in [0, 0.05) is 42.0 Å². The second kappa shape index (κ2) is 10.1. The van der Waals surface area contributed by atoms with Crippen molar-refractivity contribution in [3.8, 4) is 11.3 Å². The van der Waals surface area contributed by atoms with Crippen LogP contribution < -0.4 is 10.5 Å². The van der Waals surface area contributed by atoms with E-state index in [1.165, 1.54) is 32.1 Å². The summed E-state index contributed by atoms with van der Waals surface area (Å²) in [6, 6.07) is 9.98. The summed E-state index contributed by atoms with van der Waals surface area (Å²) in [7, 11) is 0. The molecule has 1 unspecified atom stereocenters. The summed E-state index contributed by atoms with van der Waals surface area (Å²) < 4.78 is 3.99. The van der Waals surface area contributed by atoms with Crippen LogP contribution in [0, 0.1) is 5.92 Å². The molecule has 0 saturated carbocycles. The molecule has 0 bridgehead atoms. The highest BCUT2D eigenvalue weighted by Crippen LogP contribution is 2.30. The van der Waals surface area contributed by atoms with Gasteiger partial charge >= 0.3 is 0 Å². The predicted octanol–water partition coefficient (Wildman–Crippen LogP) is 6.41. The average molecular weight is 455 g/mol. The molecule has 1 atom stereocenters. The lowest BCUT2D eigenvalue weighted by Gasteiger charge is -2.30. The van der Waals surface area contributed by atoms with E-state index in [4.69, 9.17) is 16.6 Å². The molecule has 1 aliphatic heterocycles. The first-order valence-corrected chi connectivity index (χ1v) is 12.5. The molecule has 0 N–H and O–H groups in total. The minimum Gasteiger partial charge on any atom is -0.355 e. The SMILES string of the molecule is CCCCCn1c(N2CCCC2CCC(C)C)cc(=O)n2cc(-c3ccc(Cl)cc3)nc12. The van der Waals surface area contributed by atoms with Crippen molar-refractivity contribution in [2.75, 3.05) is 11.4 Å². The first-order valence-electron chi connectivity index (χ1n) is 12.1. The first-order chi connectivity index (χ1) is 15.5. The Labute approximate surface area is 196 Å². The van der Waals surface area contributed by atoms with Crippen molar-refractivity contribution in [3.05, 3.63) is 51.9 Å². The second-order valence-corrected chi connectivity index (χ2v) is 9.90. The van der Waals surface area contributed by atoms with Gasteiger partial charge in [-0.05, 0) is 50.2 Å². The van der Waals surface area contributed by atoms with E-state index in [-0.39, 0.29) is 5.56 Å². The topological polar surface area (TPSA) is 42.5 Å². The van der Waals surface area contributed by atoms with Gasteiger partial charge in [0.2, 0.25) is 5.78 Å². The molecule has 172 valence electrons. The fourth-order valence-corrected chi connectivity index (χ4v) is 4.90. The molecule has 1 aliphatic rings. The number of anilines is 1. The lowest BCUT2D eigenvalue weighted by Crippen LogP contribution is -2.34. The van der Waals surface area contributed by atoms with Crippen molar-refractivity contribution in [2.24, 2.45) is 5.92 Å². The molecule has 6 heteroatoms. The highest BCUT2D eigenvalue weighted by molar-refractivity contribution is 6.30. The van der Waals surface area contributed by atoms with Crippen molar-refractivity contribution in [1.29, 1.82) is 0 Å². The molecule has 0 aliphatic carbocycles. The zero-order chi connectivity index (χ0) is 22.7. The summed E-state index contributed by atoms with van der Waals surface area (Å²) in [5, 5.41) is 0.695. The fourth-order valence-electron chi connectivity index (χ4n) is 4.78. The van der Waals surface area contributed by atoms with Crippen LogP contribution in [0.15, 0.2) is 41.3 Å². The molecular weight excluding hydrogens is 420 g/mol. The number of hydrogen-bond donors (Lipinski definition) is 0. The lowest BCUT2D eigenvalue weighted by atomic mass is 10.0.